The fourth-order valence-electron chi connectivity index (χ4n) is 1.81. The molecule has 22 heavy (non-hydrogen) atoms. The number of nitrogens with one attached hydrogen (secondary N) is 1. The molecule has 0 radical (unpaired) electrons. The molecule has 5 nitrogen and oxygen atoms in total. The van der Waals surface area contributed by atoms with Crippen LogP contribution < -0.4 is 5.32 Å². The van der Waals surface area contributed by atoms with E-state index in [0.29, 0.717) is 10.2 Å². The Labute approximate surface area is 133 Å². The fourth-order valence-corrected chi connectivity index (χ4v) is 2.14. The third-order valence-corrected chi connectivity index (χ3v) is 3.38. The molecule has 1 N–H and O–H groups in total. The molecular weight excluding hydrogens is 353 g/mol. The lowest BCUT2D eigenvalue weighted by atomic mass is 10.2. The number of nitrogens with zero attached hydrogens (tertiary/aromatic N) is 2. The number of pyridine rings is 1. The molecule has 0 atom stereocenters. The molecule has 0 unspecified atom stereocenters. The largest absolute Gasteiger partial charge is 0.355 e. The fraction of sp³-hybridized carbons (Fsp3) is 0. The zero-order valence-electron chi connectivity index (χ0n) is 11.1. The van der Waals surface area contributed by atoms with Crippen LogP contribution in [0, 0.1) is 5.82 Å². The Morgan fingerprint density at radius 3 is 2.68 bits per heavy atom. The maximum absolute atomic E-state index is 13.7. The SMILES string of the molecule is O=C(Nc1ccc(Br)cc1F)c1cc(-c2ccncc2)on1. The highest BCUT2D eigenvalue weighted by atomic mass is 79.9. The van der Waals surface area contributed by atoms with Crippen molar-refractivity contribution in [3.8, 4) is 11.3 Å². The van der Waals surface area contributed by atoms with Crippen molar-refractivity contribution in [3.05, 3.63) is 64.8 Å². The van der Waals surface area contributed by atoms with Gasteiger partial charge in [0.2, 0.25) is 0 Å². The number of carbonyl (C=O) groups excluding carboxylic acids is 1. The highest BCUT2D eigenvalue weighted by molar-refractivity contribution is 9.10. The van der Waals surface area contributed by atoms with Crippen LogP contribution in [0.5, 0.6) is 0 Å². The maximum atomic E-state index is 13.7. The van der Waals surface area contributed by atoms with Crippen molar-refractivity contribution in [2.24, 2.45) is 0 Å². The van der Waals surface area contributed by atoms with Gasteiger partial charge < -0.3 is 9.84 Å². The number of anilines is 1. The predicted octanol–water partition coefficient (Wildman–Crippen LogP) is 3.89. The smallest absolute Gasteiger partial charge is 0.277 e. The molecule has 2 heterocycles. The van der Waals surface area contributed by atoms with E-state index in [1.807, 2.05) is 0 Å². The van der Waals surface area contributed by atoms with Crippen LogP contribution in [0.2, 0.25) is 0 Å². The number of carbonyl (C=O) groups is 1. The topological polar surface area (TPSA) is 68.0 Å². The van der Waals surface area contributed by atoms with Crippen LogP contribution in [-0.4, -0.2) is 16.0 Å². The van der Waals surface area contributed by atoms with Crippen molar-refractivity contribution in [2.75, 3.05) is 5.32 Å². The number of hydrogen-bond acceptors (Lipinski definition) is 4. The Kier molecular flexibility index (Phi) is 3.97. The van der Waals surface area contributed by atoms with E-state index in [0.717, 1.165) is 5.56 Å². The summed E-state index contributed by atoms with van der Waals surface area (Å²) in [6.07, 6.45) is 3.21. The van der Waals surface area contributed by atoms with Crippen LogP contribution in [-0.2, 0) is 0 Å². The second kappa shape index (κ2) is 6.07. The molecule has 7 heteroatoms. The first-order valence-corrected chi connectivity index (χ1v) is 7.06. The molecule has 0 aliphatic heterocycles. The van der Waals surface area contributed by atoms with Gasteiger partial charge in [-0.3, -0.25) is 9.78 Å². The second-order valence-corrected chi connectivity index (χ2v) is 5.31. The minimum absolute atomic E-state index is 0.0640. The summed E-state index contributed by atoms with van der Waals surface area (Å²) in [7, 11) is 0. The van der Waals surface area contributed by atoms with Crippen molar-refractivity contribution >= 4 is 27.5 Å². The van der Waals surface area contributed by atoms with Gasteiger partial charge in [0, 0.05) is 28.5 Å². The molecule has 0 aliphatic carbocycles. The van der Waals surface area contributed by atoms with Crippen LogP contribution >= 0.6 is 15.9 Å². The zero-order valence-corrected chi connectivity index (χ0v) is 12.7. The van der Waals surface area contributed by atoms with Crippen molar-refractivity contribution < 1.29 is 13.7 Å². The summed E-state index contributed by atoms with van der Waals surface area (Å²) in [4.78, 5) is 16.0. The molecule has 0 fully saturated rings. The Morgan fingerprint density at radius 2 is 1.95 bits per heavy atom. The van der Waals surface area contributed by atoms with Crippen molar-refractivity contribution in [1.29, 1.82) is 0 Å². The third-order valence-electron chi connectivity index (χ3n) is 2.89. The molecule has 3 aromatic rings. The average Bonchev–Trinajstić information content (AvgIpc) is 3.01. The molecule has 0 saturated heterocycles. The molecule has 3 rings (SSSR count). The highest BCUT2D eigenvalue weighted by Gasteiger charge is 2.15. The molecular formula is C15H9BrFN3O2. The molecule has 0 bridgehead atoms. The van der Waals surface area contributed by atoms with Crippen molar-refractivity contribution in [1.82, 2.24) is 10.1 Å². The predicted molar refractivity (Wildman–Crippen MR) is 81.8 cm³/mol. The van der Waals surface area contributed by atoms with E-state index < -0.39 is 11.7 Å². The van der Waals surface area contributed by atoms with Gasteiger partial charge in [0.15, 0.2) is 11.5 Å². The highest BCUT2D eigenvalue weighted by Crippen LogP contribution is 2.22. The van der Waals surface area contributed by atoms with Crippen molar-refractivity contribution in [2.45, 2.75) is 0 Å². The van der Waals surface area contributed by atoms with E-state index in [4.69, 9.17) is 4.52 Å². The number of rotatable bonds is 3. The summed E-state index contributed by atoms with van der Waals surface area (Å²) in [5, 5.41) is 6.15. The standard InChI is InChI=1S/C15H9BrFN3O2/c16-10-1-2-12(11(17)7-10)19-15(21)13-8-14(22-20-13)9-3-5-18-6-4-9/h1-8H,(H,19,21). The quantitative estimate of drug-likeness (QED) is 0.768. The third kappa shape index (κ3) is 3.04. The molecule has 110 valence electrons. The Balaban J connectivity index is 1.80. The van der Waals surface area contributed by atoms with E-state index in [1.165, 1.54) is 18.2 Å². The van der Waals surface area contributed by atoms with E-state index >= 15 is 0 Å². The minimum atomic E-state index is -0.551. The number of halogens is 2. The van der Waals surface area contributed by atoms with Gasteiger partial charge in [-0.15, -0.1) is 0 Å². The lowest BCUT2D eigenvalue weighted by Gasteiger charge is -2.04. The summed E-state index contributed by atoms with van der Waals surface area (Å²) < 4.78 is 19.4. The van der Waals surface area contributed by atoms with Gasteiger partial charge in [0.1, 0.15) is 5.82 Å². The summed E-state index contributed by atoms with van der Waals surface area (Å²) in [5.41, 5.74) is 0.882. The summed E-state index contributed by atoms with van der Waals surface area (Å²) >= 11 is 3.15. The van der Waals surface area contributed by atoms with E-state index in [1.54, 1.807) is 30.6 Å². The molecule has 2 aromatic heterocycles. The number of amides is 1. The number of hydrogen-bond donors (Lipinski definition) is 1. The molecule has 0 aliphatic rings. The molecule has 0 spiro atoms. The van der Waals surface area contributed by atoms with Gasteiger partial charge in [-0.1, -0.05) is 21.1 Å². The molecule has 1 aromatic carbocycles. The maximum Gasteiger partial charge on any atom is 0.277 e. The Morgan fingerprint density at radius 1 is 1.18 bits per heavy atom. The number of benzene rings is 1. The summed E-state index contributed by atoms with van der Waals surface area (Å²) in [6, 6.07) is 9.31. The molecule has 1 amide bonds. The van der Waals surface area contributed by atoms with E-state index in [2.05, 4.69) is 31.4 Å². The van der Waals surface area contributed by atoms with Gasteiger partial charge in [0.25, 0.3) is 5.91 Å². The first-order chi connectivity index (χ1) is 10.6. The van der Waals surface area contributed by atoms with Crippen LogP contribution in [0.3, 0.4) is 0 Å². The number of aromatic nitrogens is 2. The lowest BCUT2D eigenvalue weighted by Crippen LogP contribution is -2.13. The summed E-state index contributed by atoms with van der Waals surface area (Å²) in [5.74, 6) is -0.658. The molecule has 0 saturated carbocycles. The van der Waals surface area contributed by atoms with Crippen LogP contribution in [0.25, 0.3) is 11.3 Å². The van der Waals surface area contributed by atoms with E-state index in [9.17, 15) is 9.18 Å². The van der Waals surface area contributed by atoms with Crippen molar-refractivity contribution in [3.63, 3.8) is 0 Å². The zero-order chi connectivity index (χ0) is 15.5. The van der Waals surface area contributed by atoms with Crippen LogP contribution in [0.15, 0.2) is 57.8 Å². The first-order valence-electron chi connectivity index (χ1n) is 6.27. The minimum Gasteiger partial charge on any atom is -0.355 e. The van der Waals surface area contributed by atoms with Gasteiger partial charge >= 0.3 is 0 Å². The normalized spacial score (nSPS) is 10.5. The van der Waals surface area contributed by atoms with Gasteiger partial charge in [0.05, 0.1) is 5.69 Å². The monoisotopic (exact) mass is 361 g/mol. The van der Waals surface area contributed by atoms with Gasteiger partial charge in [-0.05, 0) is 30.3 Å². The Bertz CT molecular complexity index is 821. The first kappa shape index (κ1) is 14.4. The van der Waals surface area contributed by atoms with Crippen LogP contribution in [0.1, 0.15) is 10.5 Å². The second-order valence-electron chi connectivity index (χ2n) is 4.39. The Hall–Kier alpha value is -2.54. The van der Waals surface area contributed by atoms with Gasteiger partial charge in [-0.2, -0.15) is 0 Å². The summed E-state index contributed by atoms with van der Waals surface area (Å²) in [6.45, 7) is 0. The lowest BCUT2D eigenvalue weighted by molar-refractivity contribution is 0.101. The van der Waals surface area contributed by atoms with E-state index in [-0.39, 0.29) is 11.4 Å². The van der Waals surface area contributed by atoms with Crippen LogP contribution in [0.4, 0.5) is 10.1 Å². The average molecular weight is 362 g/mol. The van der Waals surface area contributed by atoms with Gasteiger partial charge in [-0.25, -0.2) is 4.39 Å².